The van der Waals surface area contributed by atoms with Crippen LogP contribution in [0.4, 0.5) is 0 Å². The maximum Gasteiger partial charge on any atom is 0.320 e. The van der Waals surface area contributed by atoms with Crippen molar-refractivity contribution >= 4 is 11.9 Å². The largest absolute Gasteiger partial charge is 0.468 e. The van der Waals surface area contributed by atoms with E-state index in [1.54, 1.807) is 7.11 Å². The van der Waals surface area contributed by atoms with E-state index in [-0.39, 0.29) is 17.9 Å². The van der Waals surface area contributed by atoms with E-state index in [0.29, 0.717) is 17.8 Å². The number of fused-ring (bicyclic) bond motifs is 5. The quantitative estimate of drug-likeness (QED) is 0.446. The van der Waals surface area contributed by atoms with Crippen molar-refractivity contribution in [3.8, 4) is 0 Å². The molecule has 6 atom stereocenters. The number of carbonyl (C=O) groups is 2. The van der Waals surface area contributed by atoms with Crippen molar-refractivity contribution in [2.45, 2.75) is 18.9 Å². The highest BCUT2D eigenvalue weighted by atomic mass is 16.5. The van der Waals surface area contributed by atoms with Gasteiger partial charge in [0.1, 0.15) is 0 Å². The Kier molecular flexibility index (Phi) is 3.78. The van der Waals surface area contributed by atoms with E-state index in [9.17, 15) is 9.59 Å². The summed E-state index contributed by atoms with van der Waals surface area (Å²) in [5.41, 5.74) is 0. The van der Waals surface area contributed by atoms with Crippen LogP contribution in [0, 0.1) is 35.5 Å². The number of carbonyl (C=O) groups excluding carboxylic acids is 2. The maximum atomic E-state index is 12.2. The molecule has 0 N–H and O–H groups in total. The molecule has 116 valence electrons. The second kappa shape index (κ2) is 5.44. The molecule has 5 nitrogen and oxygen atoms in total. The molecule has 0 aromatic rings. The zero-order chi connectivity index (χ0) is 15.1. The van der Waals surface area contributed by atoms with Crippen molar-refractivity contribution in [2.75, 3.05) is 21.3 Å². The Bertz CT molecular complexity index is 455. The van der Waals surface area contributed by atoms with E-state index in [4.69, 9.17) is 14.2 Å². The van der Waals surface area contributed by atoms with Crippen LogP contribution in [-0.4, -0.2) is 39.4 Å². The first-order valence-electron chi connectivity index (χ1n) is 7.49. The number of ether oxygens (including phenoxy) is 3. The molecule has 0 aromatic carbocycles. The van der Waals surface area contributed by atoms with E-state index < -0.39 is 17.9 Å². The van der Waals surface area contributed by atoms with Crippen LogP contribution in [0.25, 0.3) is 0 Å². The number of hydrogen-bond donors (Lipinski definition) is 0. The second-order valence-electron chi connectivity index (χ2n) is 6.26. The van der Waals surface area contributed by atoms with Crippen LogP contribution in [0.15, 0.2) is 12.2 Å². The maximum absolute atomic E-state index is 12.2. The summed E-state index contributed by atoms with van der Waals surface area (Å²) in [6.45, 7) is 0. The molecule has 0 saturated heterocycles. The molecule has 5 heteroatoms. The van der Waals surface area contributed by atoms with Crippen LogP contribution < -0.4 is 0 Å². The van der Waals surface area contributed by atoms with Crippen molar-refractivity contribution in [2.24, 2.45) is 35.5 Å². The summed E-state index contributed by atoms with van der Waals surface area (Å²) in [7, 11) is 4.36. The smallest absolute Gasteiger partial charge is 0.320 e. The van der Waals surface area contributed by atoms with Gasteiger partial charge in [-0.2, -0.15) is 0 Å². The summed E-state index contributed by atoms with van der Waals surface area (Å²) in [5.74, 6) is -0.358. The van der Waals surface area contributed by atoms with Gasteiger partial charge >= 0.3 is 11.9 Å². The van der Waals surface area contributed by atoms with Gasteiger partial charge < -0.3 is 14.2 Å². The van der Waals surface area contributed by atoms with Crippen molar-refractivity contribution in [3.63, 3.8) is 0 Å². The third-order valence-corrected chi connectivity index (χ3v) is 5.72. The van der Waals surface area contributed by atoms with Gasteiger partial charge in [0.15, 0.2) is 5.92 Å². The molecule has 2 fully saturated rings. The van der Waals surface area contributed by atoms with Crippen LogP contribution >= 0.6 is 0 Å². The standard InChI is InChI=1S/C16H22O5/c1-19-11-7-10-8-5-4-6-9(8)12(11)13(10)14(15(17)20-2)16(18)21-3/h4-5,8-14H,6-7H2,1-3H3/t8-,9+,10+,11-,12+,13-/m1/s1. The molecular weight excluding hydrogens is 272 g/mol. The zero-order valence-corrected chi connectivity index (χ0v) is 12.7. The SMILES string of the molecule is COC(=O)C(C(=O)OC)[C@@H]1[C@H]2C[C@@H](OC)[C@@H]1[C@H]1CC=C[C@@H]21. The molecule has 2 bridgehead atoms. The van der Waals surface area contributed by atoms with Crippen LogP contribution in [0.3, 0.4) is 0 Å². The van der Waals surface area contributed by atoms with Gasteiger partial charge in [-0.05, 0) is 42.4 Å². The number of rotatable bonds is 4. The van der Waals surface area contributed by atoms with Crippen LogP contribution in [0.1, 0.15) is 12.8 Å². The molecule has 0 unspecified atom stereocenters. The monoisotopic (exact) mass is 294 g/mol. The zero-order valence-electron chi connectivity index (χ0n) is 12.7. The summed E-state index contributed by atoms with van der Waals surface area (Å²) in [6, 6.07) is 0. The molecule has 21 heavy (non-hydrogen) atoms. The summed E-state index contributed by atoms with van der Waals surface area (Å²) in [6.07, 6.45) is 6.51. The average Bonchev–Trinajstić information content (AvgIpc) is 3.17. The Hall–Kier alpha value is -1.36. The first kappa shape index (κ1) is 14.6. The number of esters is 2. The summed E-state index contributed by atoms with van der Waals surface area (Å²) >= 11 is 0. The first-order valence-corrected chi connectivity index (χ1v) is 7.49. The highest BCUT2D eigenvalue weighted by Crippen LogP contribution is 2.62. The third kappa shape index (κ3) is 2.01. The van der Waals surface area contributed by atoms with Gasteiger partial charge in [-0.1, -0.05) is 12.2 Å². The van der Waals surface area contributed by atoms with Crippen LogP contribution in [-0.2, 0) is 23.8 Å². The molecule has 0 aliphatic heterocycles. The van der Waals surface area contributed by atoms with Gasteiger partial charge in [-0.3, -0.25) is 9.59 Å². The molecule has 3 aliphatic carbocycles. The lowest BCUT2D eigenvalue weighted by molar-refractivity contribution is -0.163. The van der Waals surface area contributed by atoms with E-state index in [2.05, 4.69) is 12.2 Å². The first-order chi connectivity index (χ1) is 10.1. The molecule has 0 amide bonds. The van der Waals surface area contributed by atoms with Crippen molar-refractivity contribution in [1.29, 1.82) is 0 Å². The lowest BCUT2D eigenvalue weighted by atomic mass is 9.79. The third-order valence-electron chi connectivity index (χ3n) is 5.72. The fraction of sp³-hybridized carbons (Fsp3) is 0.750. The number of methoxy groups -OCH3 is 3. The Labute approximate surface area is 124 Å². The Balaban J connectivity index is 1.94. The van der Waals surface area contributed by atoms with Gasteiger partial charge in [0.2, 0.25) is 0 Å². The fourth-order valence-electron chi connectivity index (χ4n) is 5.04. The van der Waals surface area contributed by atoms with Gasteiger partial charge in [0.25, 0.3) is 0 Å². The topological polar surface area (TPSA) is 61.8 Å². The van der Waals surface area contributed by atoms with E-state index >= 15 is 0 Å². The predicted octanol–water partition coefficient (Wildman–Crippen LogP) is 1.42. The summed E-state index contributed by atoms with van der Waals surface area (Å²) in [4.78, 5) is 24.3. The molecule has 0 spiro atoms. The molecule has 0 aromatic heterocycles. The van der Waals surface area contributed by atoms with Gasteiger partial charge in [0.05, 0.1) is 20.3 Å². The Morgan fingerprint density at radius 2 is 1.76 bits per heavy atom. The van der Waals surface area contributed by atoms with Gasteiger partial charge in [-0.15, -0.1) is 0 Å². The van der Waals surface area contributed by atoms with Gasteiger partial charge in [-0.25, -0.2) is 0 Å². The lowest BCUT2D eigenvalue weighted by Gasteiger charge is -2.30. The van der Waals surface area contributed by atoms with Crippen molar-refractivity contribution < 1.29 is 23.8 Å². The minimum Gasteiger partial charge on any atom is -0.468 e. The normalized spacial score (nSPS) is 39.6. The Morgan fingerprint density at radius 3 is 2.33 bits per heavy atom. The molecule has 2 saturated carbocycles. The molecule has 3 rings (SSSR count). The van der Waals surface area contributed by atoms with Crippen LogP contribution in [0.5, 0.6) is 0 Å². The Morgan fingerprint density at radius 1 is 1.10 bits per heavy atom. The van der Waals surface area contributed by atoms with Crippen LogP contribution in [0.2, 0.25) is 0 Å². The molecular formula is C16H22O5. The van der Waals surface area contributed by atoms with Crippen molar-refractivity contribution in [1.82, 2.24) is 0 Å². The van der Waals surface area contributed by atoms with Crippen molar-refractivity contribution in [3.05, 3.63) is 12.2 Å². The minimum atomic E-state index is -0.825. The van der Waals surface area contributed by atoms with E-state index in [1.165, 1.54) is 14.2 Å². The minimum absolute atomic E-state index is 0.0326. The summed E-state index contributed by atoms with van der Waals surface area (Å²) < 4.78 is 15.4. The predicted molar refractivity (Wildman–Crippen MR) is 74.1 cm³/mol. The molecule has 0 heterocycles. The number of allylic oxidation sites excluding steroid dienone is 2. The summed E-state index contributed by atoms with van der Waals surface area (Å²) in [5, 5.41) is 0. The fourth-order valence-corrected chi connectivity index (χ4v) is 5.04. The number of hydrogen-bond acceptors (Lipinski definition) is 5. The molecule has 0 radical (unpaired) electrons. The highest BCUT2D eigenvalue weighted by molar-refractivity contribution is 5.95. The highest BCUT2D eigenvalue weighted by Gasteiger charge is 2.63. The van der Waals surface area contributed by atoms with Gasteiger partial charge in [0, 0.05) is 7.11 Å². The lowest BCUT2D eigenvalue weighted by Crippen LogP contribution is -2.38. The second-order valence-corrected chi connectivity index (χ2v) is 6.26. The molecule has 3 aliphatic rings. The van der Waals surface area contributed by atoms with E-state index in [1.807, 2.05) is 0 Å². The average molecular weight is 294 g/mol. The van der Waals surface area contributed by atoms with E-state index in [0.717, 1.165) is 12.8 Å².